The van der Waals surface area contributed by atoms with E-state index in [4.69, 9.17) is 10.2 Å². The van der Waals surface area contributed by atoms with Crippen molar-refractivity contribution in [2.24, 2.45) is 0 Å². The summed E-state index contributed by atoms with van der Waals surface area (Å²) < 4.78 is 0. The first-order valence-electron chi connectivity index (χ1n) is 9.01. The Bertz CT molecular complexity index is 719. The average molecular weight is 354 g/mol. The summed E-state index contributed by atoms with van der Waals surface area (Å²) in [5.74, 6) is -0.327. The summed E-state index contributed by atoms with van der Waals surface area (Å²) in [6.07, 6.45) is 4.64. The highest BCUT2D eigenvalue weighted by atomic mass is 16.3. The van der Waals surface area contributed by atoms with Crippen LogP contribution >= 0.6 is 0 Å². The van der Waals surface area contributed by atoms with Crippen LogP contribution in [0.4, 0.5) is 0 Å². The molecule has 0 heterocycles. The molecule has 0 aliphatic carbocycles. The number of carbonyl (C=O) groups excluding carboxylic acids is 2. The fraction of sp³-hybridized carbons (Fsp3) is 0.364. The number of Topliss-reactive ketones (excluding diaryl/α,β-unsaturated/α-hetero) is 2. The van der Waals surface area contributed by atoms with Gasteiger partial charge in [0.25, 0.3) is 0 Å². The van der Waals surface area contributed by atoms with E-state index in [1.54, 1.807) is 0 Å². The van der Waals surface area contributed by atoms with E-state index in [0.717, 1.165) is 36.8 Å². The van der Waals surface area contributed by atoms with Gasteiger partial charge in [0, 0.05) is 12.8 Å². The fourth-order valence-electron chi connectivity index (χ4n) is 2.94. The maximum absolute atomic E-state index is 11.3. The van der Waals surface area contributed by atoms with Crippen LogP contribution in [0.1, 0.15) is 35.1 Å². The van der Waals surface area contributed by atoms with Crippen LogP contribution in [0.15, 0.2) is 48.5 Å². The first-order valence-corrected chi connectivity index (χ1v) is 9.01. The van der Waals surface area contributed by atoms with Crippen LogP contribution in [0.25, 0.3) is 0 Å². The summed E-state index contributed by atoms with van der Waals surface area (Å²) >= 11 is 0. The van der Waals surface area contributed by atoms with Crippen LogP contribution in [0, 0.1) is 0 Å². The number of aliphatic hydroxyl groups excluding tert-OH is 2. The minimum absolute atomic E-state index is 0.161. The molecule has 2 N–H and O–H groups in total. The molecule has 4 heteroatoms. The molecule has 0 bridgehead atoms. The molecule has 0 saturated heterocycles. The molecule has 2 aromatic rings. The van der Waals surface area contributed by atoms with Crippen molar-refractivity contribution < 1.29 is 19.8 Å². The topological polar surface area (TPSA) is 74.6 Å². The number of hydrogen-bond acceptors (Lipinski definition) is 4. The van der Waals surface area contributed by atoms with Gasteiger partial charge in [0.2, 0.25) is 0 Å². The Labute approximate surface area is 154 Å². The highest BCUT2D eigenvalue weighted by Crippen LogP contribution is 2.13. The molecular formula is C22H26O4. The van der Waals surface area contributed by atoms with Gasteiger partial charge in [-0.3, -0.25) is 9.59 Å². The summed E-state index contributed by atoms with van der Waals surface area (Å²) in [5, 5.41) is 17.6. The molecule has 26 heavy (non-hydrogen) atoms. The van der Waals surface area contributed by atoms with Crippen LogP contribution in [-0.4, -0.2) is 35.0 Å². The Morgan fingerprint density at radius 1 is 0.654 bits per heavy atom. The molecule has 2 aromatic carbocycles. The van der Waals surface area contributed by atoms with E-state index in [-0.39, 0.29) is 24.4 Å². The quantitative estimate of drug-likeness (QED) is 0.608. The second-order valence-electron chi connectivity index (χ2n) is 6.59. The Kier molecular flexibility index (Phi) is 8.19. The normalized spacial score (nSPS) is 10.7. The van der Waals surface area contributed by atoms with E-state index in [2.05, 4.69) is 6.07 Å². The molecule has 4 nitrogen and oxygen atoms in total. The number of carbonyl (C=O) groups is 2. The molecular weight excluding hydrogens is 328 g/mol. The van der Waals surface area contributed by atoms with Gasteiger partial charge in [-0.1, -0.05) is 48.5 Å². The van der Waals surface area contributed by atoms with E-state index >= 15 is 0 Å². The number of benzene rings is 2. The van der Waals surface area contributed by atoms with Crippen molar-refractivity contribution in [3.63, 3.8) is 0 Å². The molecule has 0 amide bonds. The lowest BCUT2D eigenvalue weighted by atomic mass is 10.00. The zero-order valence-corrected chi connectivity index (χ0v) is 15.0. The third-order valence-electron chi connectivity index (χ3n) is 4.35. The summed E-state index contributed by atoms with van der Waals surface area (Å²) in [4.78, 5) is 22.6. The second-order valence-corrected chi connectivity index (χ2v) is 6.59. The highest BCUT2D eigenvalue weighted by Gasteiger charge is 2.04. The Balaban J connectivity index is 1.75. The van der Waals surface area contributed by atoms with Crippen molar-refractivity contribution >= 4 is 11.6 Å². The van der Waals surface area contributed by atoms with Crippen LogP contribution in [-0.2, 0) is 35.3 Å². The standard InChI is InChI=1S/C22H26O4/c23-15-21(25)13-19-10-8-17(9-11-19)4-1-2-5-18-6-3-7-20(12-18)14-22(26)16-24/h3,6-12,23-24H,1-2,4-5,13-16H2. The Morgan fingerprint density at radius 2 is 1.15 bits per heavy atom. The average Bonchev–Trinajstić information content (AvgIpc) is 2.66. The lowest BCUT2D eigenvalue weighted by Crippen LogP contribution is -2.07. The monoisotopic (exact) mass is 354 g/mol. The predicted molar refractivity (Wildman–Crippen MR) is 101 cm³/mol. The smallest absolute Gasteiger partial charge is 0.162 e. The van der Waals surface area contributed by atoms with Gasteiger partial charge in [-0.05, 0) is 47.9 Å². The van der Waals surface area contributed by atoms with Gasteiger partial charge >= 0.3 is 0 Å². The lowest BCUT2D eigenvalue weighted by molar-refractivity contribution is -0.121. The van der Waals surface area contributed by atoms with Crippen molar-refractivity contribution in [3.05, 3.63) is 70.8 Å². The minimum Gasteiger partial charge on any atom is -0.389 e. The summed E-state index contributed by atoms with van der Waals surface area (Å²) in [7, 11) is 0. The fourth-order valence-corrected chi connectivity index (χ4v) is 2.94. The third-order valence-corrected chi connectivity index (χ3v) is 4.35. The lowest BCUT2D eigenvalue weighted by Gasteiger charge is -2.06. The minimum atomic E-state index is -0.406. The van der Waals surface area contributed by atoms with Gasteiger partial charge in [-0.15, -0.1) is 0 Å². The van der Waals surface area contributed by atoms with Crippen molar-refractivity contribution in [3.8, 4) is 0 Å². The highest BCUT2D eigenvalue weighted by molar-refractivity contribution is 5.82. The summed E-state index contributed by atoms with van der Waals surface area (Å²) in [6.45, 7) is -0.811. The molecule has 0 unspecified atom stereocenters. The third kappa shape index (κ3) is 6.90. The second kappa shape index (κ2) is 10.6. The van der Waals surface area contributed by atoms with Gasteiger partial charge in [-0.25, -0.2) is 0 Å². The molecule has 138 valence electrons. The van der Waals surface area contributed by atoms with Crippen LogP contribution in [0.5, 0.6) is 0 Å². The number of hydrogen-bond donors (Lipinski definition) is 2. The number of rotatable bonds is 11. The van der Waals surface area contributed by atoms with Gasteiger partial charge in [0.1, 0.15) is 13.2 Å². The van der Waals surface area contributed by atoms with Crippen LogP contribution < -0.4 is 0 Å². The van der Waals surface area contributed by atoms with Gasteiger partial charge in [-0.2, -0.15) is 0 Å². The molecule has 0 aliphatic rings. The van der Waals surface area contributed by atoms with Crippen molar-refractivity contribution in [2.45, 2.75) is 38.5 Å². The van der Waals surface area contributed by atoms with Gasteiger partial charge < -0.3 is 10.2 Å². The molecule has 2 rings (SSSR count). The van der Waals surface area contributed by atoms with Crippen molar-refractivity contribution in [1.82, 2.24) is 0 Å². The van der Waals surface area contributed by atoms with E-state index in [0.29, 0.717) is 0 Å². The zero-order chi connectivity index (χ0) is 18.8. The Hall–Kier alpha value is -2.30. The Morgan fingerprint density at radius 3 is 1.77 bits per heavy atom. The van der Waals surface area contributed by atoms with Crippen molar-refractivity contribution in [2.75, 3.05) is 13.2 Å². The van der Waals surface area contributed by atoms with Crippen molar-refractivity contribution in [1.29, 1.82) is 0 Å². The van der Waals surface area contributed by atoms with Crippen LogP contribution in [0.2, 0.25) is 0 Å². The zero-order valence-electron chi connectivity index (χ0n) is 15.0. The first-order chi connectivity index (χ1) is 12.6. The molecule has 0 aliphatic heterocycles. The number of ketones is 2. The molecule has 0 radical (unpaired) electrons. The van der Waals surface area contributed by atoms with Crippen LogP contribution in [0.3, 0.4) is 0 Å². The summed E-state index contributed by atoms with van der Waals surface area (Å²) in [6, 6.07) is 16.0. The van der Waals surface area contributed by atoms with E-state index in [9.17, 15) is 9.59 Å². The largest absolute Gasteiger partial charge is 0.389 e. The first kappa shape index (κ1) is 20.0. The molecule has 0 saturated carbocycles. The van der Waals surface area contributed by atoms with E-state index in [1.807, 2.05) is 42.5 Å². The van der Waals surface area contributed by atoms with Gasteiger partial charge in [0.05, 0.1) is 0 Å². The van der Waals surface area contributed by atoms with E-state index in [1.165, 1.54) is 11.1 Å². The molecule has 0 atom stereocenters. The number of unbranched alkanes of at least 4 members (excludes halogenated alkanes) is 1. The molecule has 0 spiro atoms. The van der Waals surface area contributed by atoms with E-state index < -0.39 is 13.2 Å². The molecule has 0 fully saturated rings. The van der Waals surface area contributed by atoms with Gasteiger partial charge in [0.15, 0.2) is 11.6 Å². The molecule has 0 aromatic heterocycles. The summed E-state index contributed by atoms with van der Waals surface area (Å²) in [5.41, 5.74) is 4.34. The number of aliphatic hydroxyl groups is 2. The maximum atomic E-state index is 11.3. The predicted octanol–water partition coefficient (Wildman–Crippen LogP) is 2.46. The maximum Gasteiger partial charge on any atom is 0.162 e. The SMILES string of the molecule is O=C(CO)Cc1ccc(CCCCc2cccc(CC(=O)CO)c2)cc1. The number of aryl methyl sites for hydroxylation is 2.